The van der Waals surface area contributed by atoms with Crippen molar-refractivity contribution in [3.63, 3.8) is 0 Å². The van der Waals surface area contributed by atoms with Gasteiger partial charge >= 0.3 is 0 Å². The fraction of sp³-hybridized carbons (Fsp3) is 0.750. The molecule has 0 unspecified atom stereocenters. The van der Waals surface area contributed by atoms with Crippen LogP contribution in [0.3, 0.4) is 0 Å². The Morgan fingerprint density at radius 1 is 1.24 bits per heavy atom. The number of rotatable bonds is 3. The lowest BCUT2D eigenvalue weighted by Gasteiger charge is -2.32. The molecule has 2 fully saturated rings. The van der Waals surface area contributed by atoms with Crippen LogP contribution in [0.2, 0.25) is 0 Å². The van der Waals surface area contributed by atoms with Crippen LogP contribution < -0.4 is 5.32 Å². The summed E-state index contributed by atoms with van der Waals surface area (Å²) >= 11 is 0. The Morgan fingerprint density at radius 2 is 1.88 bits per heavy atom. The molecule has 5 heteroatoms. The maximum atomic E-state index is 11.8. The number of hydrogen-bond acceptors (Lipinski definition) is 3. The molecule has 2 aliphatic rings. The fourth-order valence-corrected chi connectivity index (χ4v) is 2.18. The molecule has 0 aromatic carbocycles. The van der Waals surface area contributed by atoms with Crippen molar-refractivity contribution < 1.29 is 9.59 Å². The van der Waals surface area contributed by atoms with Crippen LogP contribution in [0.1, 0.15) is 32.1 Å². The Balaban J connectivity index is 1.72. The zero-order valence-corrected chi connectivity index (χ0v) is 9.82. The van der Waals surface area contributed by atoms with Gasteiger partial charge in [-0.2, -0.15) is 5.26 Å². The monoisotopic (exact) mass is 235 g/mol. The van der Waals surface area contributed by atoms with E-state index in [1.807, 2.05) is 11.0 Å². The van der Waals surface area contributed by atoms with Crippen LogP contribution in [0.5, 0.6) is 0 Å². The van der Waals surface area contributed by atoms with Gasteiger partial charge in [-0.1, -0.05) is 0 Å². The maximum Gasteiger partial charge on any atom is 0.234 e. The molecule has 5 nitrogen and oxygen atoms in total. The van der Waals surface area contributed by atoms with Crippen molar-refractivity contribution in [1.29, 1.82) is 5.26 Å². The number of likely N-dealkylation sites (tertiary alicyclic amines) is 1. The van der Waals surface area contributed by atoms with Gasteiger partial charge in [0.2, 0.25) is 11.8 Å². The summed E-state index contributed by atoms with van der Waals surface area (Å²) in [6.45, 7) is 1.46. The van der Waals surface area contributed by atoms with E-state index >= 15 is 0 Å². The van der Waals surface area contributed by atoms with Crippen LogP contribution in [-0.2, 0) is 9.59 Å². The maximum absolute atomic E-state index is 11.8. The molecule has 1 aliphatic carbocycles. The highest BCUT2D eigenvalue weighted by molar-refractivity contribution is 5.81. The van der Waals surface area contributed by atoms with Gasteiger partial charge in [0.1, 0.15) is 6.42 Å². The van der Waals surface area contributed by atoms with Gasteiger partial charge < -0.3 is 10.2 Å². The van der Waals surface area contributed by atoms with E-state index in [1.54, 1.807) is 0 Å². The number of nitrogens with zero attached hydrogens (tertiary/aromatic N) is 2. The molecule has 1 heterocycles. The van der Waals surface area contributed by atoms with Crippen molar-refractivity contribution in [3.05, 3.63) is 0 Å². The average molecular weight is 235 g/mol. The van der Waals surface area contributed by atoms with E-state index in [0.29, 0.717) is 0 Å². The molecule has 0 atom stereocenters. The second-order valence-corrected chi connectivity index (χ2v) is 4.78. The first-order chi connectivity index (χ1) is 8.20. The first-order valence-corrected chi connectivity index (χ1v) is 6.16. The molecule has 0 aromatic rings. The highest BCUT2D eigenvalue weighted by Crippen LogP contribution is 2.31. The van der Waals surface area contributed by atoms with Gasteiger partial charge in [0.05, 0.1) is 6.07 Å². The van der Waals surface area contributed by atoms with Gasteiger partial charge in [-0.3, -0.25) is 9.59 Å². The predicted molar refractivity (Wildman–Crippen MR) is 60.7 cm³/mol. The molecule has 1 saturated heterocycles. The van der Waals surface area contributed by atoms with E-state index < -0.39 is 0 Å². The van der Waals surface area contributed by atoms with E-state index in [0.717, 1.165) is 38.8 Å². The zero-order valence-electron chi connectivity index (χ0n) is 9.82. The average Bonchev–Trinajstić information content (AvgIpc) is 3.13. The van der Waals surface area contributed by atoms with Crippen molar-refractivity contribution in [3.8, 4) is 6.07 Å². The van der Waals surface area contributed by atoms with Gasteiger partial charge in [0.15, 0.2) is 0 Å². The molecule has 1 saturated carbocycles. The van der Waals surface area contributed by atoms with Crippen LogP contribution in [0.15, 0.2) is 0 Å². The number of carbonyl (C=O) groups excluding carboxylic acids is 2. The lowest BCUT2D eigenvalue weighted by atomic mass is 10.0. The molecular weight excluding hydrogens is 218 g/mol. The van der Waals surface area contributed by atoms with Crippen LogP contribution in [0.4, 0.5) is 0 Å². The van der Waals surface area contributed by atoms with Gasteiger partial charge in [-0.05, 0) is 25.7 Å². The first kappa shape index (κ1) is 11.9. The second-order valence-electron chi connectivity index (χ2n) is 4.78. The van der Waals surface area contributed by atoms with E-state index in [-0.39, 0.29) is 30.2 Å². The lowest BCUT2D eigenvalue weighted by Crippen LogP contribution is -2.46. The van der Waals surface area contributed by atoms with Crippen LogP contribution >= 0.6 is 0 Å². The lowest BCUT2D eigenvalue weighted by molar-refractivity contribution is -0.133. The standard InChI is InChI=1S/C12H17N3O2/c13-6-3-11(16)14-10-4-7-15(8-5-10)12(17)9-1-2-9/h9-10H,1-5,7-8H2,(H,14,16). The van der Waals surface area contributed by atoms with Crippen molar-refractivity contribution >= 4 is 11.8 Å². The van der Waals surface area contributed by atoms with Crippen molar-refractivity contribution in [1.82, 2.24) is 10.2 Å². The van der Waals surface area contributed by atoms with E-state index in [1.165, 1.54) is 0 Å². The van der Waals surface area contributed by atoms with Crippen LogP contribution in [0.25, 0.3) is 0 Å². The number of amides is 2. The summed E-state index contributed by atoms with van der Waals surface area (Å²) in [6.07, 6.45) is 3.60. The normalized spacial score (nSPS) is 20.8. The number of hydrogen-bond donors (Lipinski definition) is 1. The molecule has 0 bridgehead atoms. The predicted octanol–water partition coefficient (Wildman–Crippen LogP) is 0.417. The molecule has 2 amide bonds. The minimum atomic E-state index is -0.209. The van der Waals surface area contributed by atoms with Gasteiger partial charge in [0, 0.05) is 25.0 Å². The van der Waals surface area contributed by atoms with Gasteiger partial charge in [-0.15, -0.1) is 0 Å². The summed E-state index contributed by atoms with van der Waals surface area (Å²) in [5, 5.41) is 11.2. The minimum absolute atomic E-state index is 0.0821. The van der Waals surface area contributed by atoms with E-state index in [2.05, 4.69) is 5.32 Å². The SMILES string of the molecule is N#CCC(=O)NC1CCN(C(=O)C2CC2)CC1. The summed E-state index contributed by atoms with van der Waals surface area (Å²) in [6, 6.07) is 1.95. The molecule has 0 aromatic heterocycles. The largest absolute Gasteiger partial charge is 0.352 e. The first-order valence-electron chi connectivity index (χ1n) is 6.16. The summed E-state index contributed by atoms with van der Waals surface area (Å²) in [5.41, 5.74) is 0. The number of nitriles is 1. The number of piperidine rings is 1. The Kier molecular flexibility index (Phi) is 3.62. The van der Waals surface area contributed by atoms with Gasteiger partial charge in [0.25, 0.3) is 0 Å². The van der Waals surface area contributed by atoms with Crippen LogP contribution in [-0.4, -0.2) is 35.8 Å². The summed E-state index contributed by atoms with van der Waals surface area (Å²) in [5.74, 6) is 0.353. The molecule has 92 valence electrons. The van der Waals surface area contributed by atoms with Crippen LogP contribution in [0, 0.1) is 17.2 Å². The van der Waals surface area contributed by atoms with Crippen molar-refractivity contribution in [2.24, 2.45) is 5.92 Å². The quantitative estimate of drug-likeness (QED) is 0.770. The molecule has 0 radical (unpaired) electrons. The van der Waals surface area contributed by atoms with Crippen molar-refractivity contribution in [2.45, 2.75) is 38.1 Å². The molecular formula is C12H17N3O2. The highest BCUT2D eigenvalue weighted by atomic mass is 16.2. The number of carbonyl (C=O) groups is 2. The zero-order chi connectivity index (χ0) is 12.3. The summed E-state index contributed by atoms with van der Waals surface area (Å²) in [4.78, 5) is 24.9. The molecule has 1 aliphatic heterocycles. The van der Waals surface area contributed by atoms with E-state index in [9.17, 15) is 9.59 Å². The summed E-state index contributed by atoms with van der Waals surface area (Å²) < 4.78 is 0. The Bertz CT molecular complexity index is 349. The minimum Gasteiger partial charge on any atom is -0.352 e. The molecule has 2 rings (SSSR count). The smallest absolute Gasteiger partial charge is 0.234 e. The third-order valence-corrected chi connectivity index (χ3v) is 3.34. The third kappa shape index (κ3) is 3.19. The van der Waals surface area contributed by atoms with Crippen molar-refractivity contribution in [2.75, 3.05) is 13.1 Å². The molecule has 1 N–H and O–H groups in total. The molecule has 0 spiro atoms. The Hall–Kier alpha value is -1.57. The highest BCUT2D eigenvalue weighted by Gasteiger charge is 2.34. The Labute approximate surface area is 101 Å². The van der Waals surface area contributed by atoms with Gasteiger partial charge in [-0.25, -0.2) is 0 Å². The second kappa shape index (κ2) is 5.17. The Morgan fingerprint density at radius 3 is 2.41 bits per heavy atom. The molecule has 17 heavy (non-hydrogen) atoms. The summed E-state index contributed by atoms with van der Waals surface area (Å²) in [7, 11) is 0. The number of nitrogens with one attached hydrogen (secondary N) is 1. The van der Waals surface area contributed by atoms with E-state index in [4.69, 9.17) is 5.26 Å². The topological polar surface area (TPSA) is 73.2 Å². The fourth-order valence-electron chi connectivity index (χ4n) is 2.18. The third-order valence-electron chi connectivity index (χ3n) is 3.34.